The van der Waals surface area contributed by atoms with Crippen LogP contribution in [0.1, 0.15) is 36.4 Å². The Hall–Kier alpha value is -3.71. The number of rotatable bonds is 4. The molecule has 1 aliphatic carbocycles. The first-order chi connectivity index (χ1) is 17.4. The first kappa shape index (κ1) is 24.0. The molecule has 188 valence electrons. The Bertz CT molecular complexity index is 1190. The fourth-order valence-corrected chi connectivity index (χ4v) is 5.45. The Morgan fingerprint density at radius 3 is 2.58 bits per heavy atom. The molecule has 1 saturated carbocycles. The molecule has 8 nitrogen and oxygen atoms in total. The topological polar surface area (TPSA) is 88.9 Å². The van der Waals surface area contributed by atoms with Gasteiger partial charge in [0.2, 0.25) is 0 Å². The largest absolute Gasteiger partial charge is 0.446 e. The van der Waals surface area contributed by atoms with Gasteiger partial charge in [-0.05, 0) is 49.1 Å². The maximum atomic E-state index is 13.7. The molecule has 3 aliphatic rings. The van der Waals surface area contributed by atoms with Gasteiger partial charge in [0, 0.05) is 38.3 Å². The van der Waals surface area contributed by atoms with Crippen molar-refractivity contribution in [2.45, 2.75) is 37.4 Å². The lowest BCUT2D eigenvalue weighted by atomic mass is 10.1. The van der Waals surface area contributed by atoms with Gasteiger partial charge in [-0.2, -0.15) is 5.26 Å². The van der Waals surface area contributed by atoms with Crippen LogP contribution >= 0.6 is 0 Å². The Labute approximate surface area is 208 Å². The monoisotopic (exact) mass is 495 g/mol. The average molecular weight is 496 g/mol. The van der Waals surface area contributed by atoms with E-state index in [9.17, 15) is 23.6 Å². The second-order valence-corrected chi connectivity index (χ2v) is 9.40. The lowest BCUT2D eigenvalue weighted by Crippen LogP contribution is -2.50. The minimum Gasteiger partial charge on any atom is -0.446 e. The molecule has 2 aliphatic heterocycles. The van der Waals surface area contributed by atoms with Crippen molar-refractivity contribution >= 4 is 17.8 Å². The van der Waals surface area contributed by atoms with Gasteiger partial charge in [0.1, 0.15) is 18.7 Å². The van der Waals surface area contributed by atoms with Crippen LogP contribution in [0, 0.1) is 23.0 Å². The number of ether oxygens (including phenoxy) is 1. The number of nitriles is 1. The zero-order chi connectivity index (χ0) is 25.2. The number of nitrogens with one attached hydrogen (secondary N) is 1. The molecule has 0 unspecified atom stereocenters. The number of imide groups is 1. The lowest BCUT2D eigenvalue weighted by molar-refractivity contribution is 0.156. The molecule has 36 heavy (non-hydrogen) atoms. The van der Waals surface area contributed by atoms with Crippen LogP contribution in [0.4, 0.5) is 24.1 Å². The van der Waals surface area contributed by atoms with E-state index in [0.717, 1.165) is 68.2 Å². The van der Waals surface area contributed by atoms with Gasteiger partial charge in [-0.15, -0.1) is 0 Å². The molecule has 3 fully saturated rings. The summed E-state index contributed by atoms with van der Waals surface area (Å²) in [4.78, 5) is 30.9. The van der Waals surface area contributed by atoms with Gasteiger partial charge < -0.3 is 15.0 Å². The predicted molar refractivity (Wildman–Crippen MR) is 127 cm³/mol. The molecule has 0 radical (unpaired) electrons. The number of benzene rings is 2. The Balaban J connectivity index is 1.16. The summed E-state index contributed by atoms with van der Waals surface area (Å²) in [6, 6.07) is 12.0. The number of amides is 3. The minimum atomic E-state index is -1.04. The molecule has 2 heterocycles. The van der Waals surface area contributed by atoms with E-state index >= 15 is 0 Å². The molecule has 0 bridgehead atoms. The Morgan fingerprint density at radius 2 is 1.83 bits per heavy atom. The fourth-order valence-electron chi connectivity index (χ4n) is 5.45. The SMILES string of the molecule is N#Cc1ccccc1N1CCN([C@@H]2CC[C@H](NC(=O)N3C(=O)OC[C@@H]3c3ccc(F)c(F)c3)C2)CC1. The number of nitrogens with zero attached hydrogens (tertiary/aromatic N) is 4. The standard InChI is InChI=1S/C26H27F2N5O3/c27-21-8-5-17(13-22(21)28)24-16-36-26(35)33(24)25(34)30-19-6-7-20(14-19)31-9-11-32(12-10-31)23-4-2-1-3-18(23)15-29/h1-5,8,13,19-20,24H,6-7,9-12,14,16H2,(H,30,34)/t19-,20+,24+/m0/s1. The van der Waals surface area contributed by atoms with Crippen molar-refractivity contribution in [1.29, 1.82) is 5.26 Å². The first-order valence-electron chi connectivity index (χ1n) is 12.1. The number of piperazine rings is 1. The van der Waals surface area contributed by atoms with E-state index in [4.69, 9.17) is 4.74 Å². The number of hydrogen-bond donors (Lipinski definition) is 1. The molecule has 2 saturated heterocycles. The highest BCUT2D eigenvalue weighted by Crippen LogP contribution is 2.31. The summed E-state index contributed by atoms with van der Waals surface area (Å²) in [5.41, 5.74) is 1.94. The van der Waals surface area contributed by atoms with Gasteiger partial charge in [0.05, 0.1) is 11.3 Å². The van der Waals surface area contributed by atoms with Gasteiger partial charge in [-0.1, -0.05) is 18.2 Å². The number of cyclic esters (lactones) is 1. The third kappa shape index (κ3) is 4.71. The number of carbonyl (C=O) groups is 2. The van der Waals surface area contributed by atoms with Crippen molar-refractivity contribution in [3.8, 4) is 6.07 Å². The summed E-state index contributed by atoms with van der Waals surface area (Å²) in [7, 11) is 0. The molecule has 10 heteroatoms. The van der Waals surface area contributed by atoms with Gasteiger partial charge in [-0.3, -0.25) is 4.90 Å². The highest BCUT2D eigenvalue weighted by atomic mass is 19.2. The molecule has 2 aromatic rings. The number of para-hydroxylation sites is 1. The number of anilines is 1. The molecule has 1 N–H and O–H groups in total. The number of urea groups is 1. The van der Waals surface area contributed by atoms with Crippen LogP contribution in [0.3, 0.4) is 0 Å². The summed E-state index contributed by atoms with van der Waals surface area (Å²) in [5, 5.41) is 12.3. The smallest absolute Gasteiger partial charge is 0.418 e. The van der Waals surface area contributed by atoms with Crippen molar-refractivity contribution in [2.24, 2.45) is 0 Å². The van der Waals surface area contributed by atoms with E-state index in [1.54, 1.807) is 0 Å². The second-order valence-electron chi connectivity index (χ2n) is 9.40. The molecular formula is C26H27F2N5O3. The quantitative estimate of drug-likeness (QED) is 0.695. The van der Waals surface area contributed by atoms with Gasteiger partial charge in [0.25, 0.3) is 0 Å². The Morgan fingerprint density at radius 1 is 1.06 bits per heavy atom. The van der Waals surface area contributed by atoms with E-state index < -0.39 is 29.8 Å². The maximum Gasteiger partial charge on any atom is 0.418 e. The summed E-state index contributed by atoms with van der Waals surface area (Å²) in [5.74, 6) is -2.03. The van der Waals surface area contributed by atoms with E-state index in [2.05, 4.69) is 21.2 Å². The lowest BCUT2D eigenvalue weighted by Gasteiger charge is -2.39. The van der Waals surface area contributed by atoms with Crippen LogP contribution in [0.2, 0.25) is 0 Å². The van der Waals surface area contributed by atoms with Crippen LogP contribution in [0.5, 0.6) is 0 Å². The maximum absolute atomic E-state index is 13.7. The van der Waals surface area contributed by atoms with E-state index in [1.165, 1.54) is 6.07 Å². The van der Waals surface area contributed by atoms with Crippen molar-refractivity contribution < 1.29 is 23.1 Å². The van der Waals surface area contributed by atoms with Gasteiger partial charge in [-0.25, -0.2) is 23.3 Å². The van der Waals surface area contributed by atoms with Crippen LogP contribution in [-0.2, 0) is 4.74 Å². The highest BCUT2D eigenvalue weighted by molar-refractivity contribution is 5.92. The van der Waals surface area contributed by atoms with Crippen molar-refractivity contribution in [3.63, 3.8) is 0 Å². The van der Waals surface area contributed by atoms with Crippen molar-refractivity contribution in [1.82, 2.24) is 15.1 Å². The predicted octanol–water partition coefficient (Wildman–Crippen LogP) is 3.78. The average Bonchev–Trinajstić information content (AvgIpc) is 3.52. The van der Waals surface area contributed by atoms with Gasteiger partial charge >= 0.3 is 12.1 Å². The third-order valence-corrected chi connectivity index (χ3v) is 7.35. The zero-order valence-corrected chi connectivity index (χ0v) is 19.7. The summed E-state index contributed by atoms with van der Waals surface area (Å²) in [6.07, 6.45) is 1.67. The molecule has 2 aromatic carbocycles. The van der Waals surface area contributed by atoms with Crippen LogP contribution in [0.15, 0.2) is 42.5 Å². The van der Waals surface area contributed by atoms with Crippen molar-refractivity contribution in [3.05, 3.63) is 65.2 Å². The summed E-state index contributed by atoms with van der Waals surface area (Å²) >= 11 is 0. The van der Waals surface area contributed by atoms with E-state index in [0.29, 0.717) is 17.2 Å². The first-order valence-corrected chi connectivity index (χ1v) is 12.1. The van der Waals surface area contributed by atoms with Crippen LogP contribution in [0.25, 0.3) is 0 Å². The third-order valence-electron chi connectivity index (χ3n) is 7.35. The second kappa shape index (κ2) is 10.1. The molecule has 0 spiro atoms. The minimum absolute atomic E-state index is 0.0983. The molecule has 3 amide bonds. The van der Waals surface area contributed by atoms with Crippen LogP contribution in [-0.4, -0.2) is 66.8 Å². The Kier molecular flexibility index (Phi) is 6.74. The molecule has 3 atom stereocenters. The van der Waals surface area contributed by atoms with E-state index in [1.807, 2.05) is 24.3 Å². The number of hydrogen-bond acceptors (Lipinski definition) is 6. The molecule has 0 aromatic heterocycles. The number of halogens is 2. The summed E-state index contributed by atoms with van der Waals surface area (Å²) < 4.78 is 32.1. The molecular weight excluding hydrogens is 468 g/mol. The van der Waals surface area contributed by atoms with Crippen LogP contribution < -0.4 is 10.2 Å². The molecule has 5 rings (SSSR count). The fraction of sp³-hybridized carbons (Fsp3) is 0.423. The normalized spacial score (nSPS) is 24.5. The number of carbonyl (C=O) groups excluding carboxylic acids is 2. The highest BCUT2D eigenvalue weighted by Gasteiger charge is 2.41. The van der Waals surface area contributed by atoms with Gasteiger partial charge in [0.15, 0.2) is 11.6 Å². The zero-order valence-electron chi connectivity index (χ0n) is 19.7. The summed E-state index contributed by atoms with van der Waals surface area (Å²) in [6.45, 7) is 3.26. The van der Waals surface area contributed by atoms with Crippen molar-refractivity contribution in [2.75, 3.05) is 37.7 Å². The van der Waals surface area contributed by atoms with E-state index in [-0.39, 0.29) is 12.6 Å².